The maximum Gasteiger partial charge on any atom is 0.166 e. The molecule has 0 radical (unpaired) electrons. The molecule has 7 heteroatoms. The van der Waals surface area contributed by atoms with Gasteiger partial charge in [-0.3, -0.25) is 9.36 Å². The normalized spacial score (nSPS) is 17.1. The largest absolute Gasteiger partial charge is 0.482 e. The van der Waals surface area contributed by atoms with Gasteiger partial charge in [-0.15, -0.1) is 0 Å². The summed E-state index contributed by atoms with van der Waals surface area (Å²) < 4.78 is 10.5. The number of nitrogen functional groups attached to an aromatic ring is 1. The average molecular weight is 455 g/mol. The van der Waals surface area contributed by atoms with Crippen molar-refractivity contribution in [3.8, 4) is 28.3 Å². The minimum atomic E-state index is -0.221. The van der Waals surface area contributed by atoms with Crippen molar-refractivity contribution in [3.63, 3.8) is 0 Å². The quantitative estimate of drug-likeness (QED) is 0.461. The first-order valence-corrected chi connectivity index (χ1v) is 12.0. The Balaban J connectivity index is 1.62. The molecule has 4 aromatic rings. The fourth-order valence-corrected chi connectivity index (χ4v) is 5.08. The SMILES string of the molecule is Cc1ccc2c(c1)C(C)Oc1cc(cnc1N)-c1c(c(C)nn1CC1CC1)Cc1cn(C)nc1-2. The predicted octanol–water partition coefficient (Wildman–Crippen LogP) is 5.00. The third-order valence-electron chi connectivity index (χ3n) is 7.01. The fourth-order valence-electron chi connectivity index (χ4n) is 5.08. The van der Waals surface area contributed by atoms with Crippen molar-refractivity contribution in [3.05, 3.63) is 64.6 Å². The highest BCUT2D eigenvalue weighted by Crippen LogP contribution is 2.40. The summed E-state index contributed by atoms with van der Waals surface area (Å²) in [6.45, 7) is 7.19. The van der Waals surface area contributed by atoms with Gasteiger partial charge in [-0.05, 0) is 45.6 Å². The molecule has 3 aromatic heterocycles. The first-order valence-electron chi connectivity index (χ1n) is 12.0. The molecule has 1 atom stereocenters. The molecule has 2 N–H and O–H groups in total. The Labute approximate surface area is 199 Å². The van der Waals surface area contributed by atoms with Gasteiger partial charge in [0, 0.05) is 60.2 Å². The predicted molar refractivity (Wildman–Crippen MR) is 133 cm³/mol. The van der Waals surface area contributed by atoms with Gasteiger partial charge in [-0.25, -0.2) is 4.98 Å². The Morgan fingerprint density at radius 2 is 1.97 bits per heavy atom. The van der Waals surface area contributed by atoms with Gasteiger partial charge in [-0.2, -0.15) is 10.2 Å². The van der Waals surface area contributed by atoms with Crippen molar-refractivity contribution >= 4 is 5.82 Å². The number of ether oxygens (including phenoxy) is 1. The zero-order valence-electron chi connectivity index (χ0n) is 20.2. The van der Waals surface area contributed by atoms with Gasteiger partial charge >= 0.3 is 0 Å². The summed E-state index contributed by atoms with van der Waals surface area (Å²) in [5.74, 6) is 1.69. The number of nitrogens with two attached hydrogens (primary N) is 1. The van der Waals surface area contributed by atoms with Gasteiger partial charge < -0.3 is 10.5 Å². The van der Waals surface area contributed by atoms with Crippen molar-refractivity contribution in [1.82, 2.24) is 24.5 Å². The number of aromatic nitrogens is 5. The Kier molecular flexibility index (Phi) is 4.76. The molecule has 1 fully saturated rings. The number of hydrogen-bond donors (Lipinski definition) is 1. The Bertz CT molecular complexity index is 1410. The van der Waals surface area contributed by atoms with Crippen LogP contribution in [-0.4, -0.2) is 24.5 Å². The van der Waals surface area contributed by atoms with Crippen LogP contribution in [0.1, 0.15) is 53.8 Å². The summed E-state index contributed by atoms with van der Waals surface area (Å²) in [6.07, 6.45) is 7.04. The monoisotopic (exact) mass is 454 g/mol. The number of anilines is 1. The lowest BCUT2D eigenvalue weighted by molar-refractivity contribution is 0.228. The third-order valence-corrected chi connectivity index (χ3v) is 7.01. The number of hydrogen-bond acceptors (Lipinski definition) is 5. The summed E-state index contributed by atoms with van der Waals surface area (Å²) in [6, 6.07) is 8.51. The number of aryl methyl sites for hydroxylation is 3. The molecule has 2 bridgehead atoms. The maximum atomic E-state index is 6.46. The zero-order chi connectivity index (χ0) is 23.6. The van der Waals surface area contributed by atoms with Gasteiger partial charge in [0.05, 0.1) is 17.1 Å². The summed E-state index contributed by atoms with van der Waals surface area (Å²) in [5, 5.41) is 9.88. The van der Waals surface area contributed by atoms with Crippen LogP contribution in [0.2, 0.25) is 0 Å². The molecular formula is C27H30N6O. The van der Waals surface area contributed by atoms with Gasteiger partial charge in [-0.1, -0.05) is 23.8 Å². The van der Waals surface area contributed by atoms with Gasteiger partial charge in [0.1, 0.15) is 6.10 Å². The van der Waals surface area contributed by atoms with Crippen molar-refractivity contribution in [2.45, 2.75) is 52.7 Å². The standard InChI is InChI=1S/C27H30N6O/c1-15-5-8-21-23(9-15)17(3)34-24-11-19(12-29-27(24)28)26-22(10-20-14-32(4)31-25(20)21)16(2)30-33(26)13-18-6-7-18/h5,8-9,11-12,14,17-18H,6-7,10,13H2,1-4H3,(H2,28,29). The molecule has 0 amide bonds. The Hall–Kier alpha value is -3.61. The van der Waals surface area contributed by atoms with Crippen molar-refractivity contribution in [2.24, 2.45) is 13.0 Å². The van der Waals surface area contributed by atoms with Crippen LogP contribution in [0.25, 0.3) is 22.5 Å². The van der Waals surface area contributed by atoms with Gasteiger partial charge in [0.15, 0.2) is 11.6 Å². The highest BCUT2D eigenvalue weighted by atomic mass is 16.5. The summed E-state index contributed by atoms with van der Waals surface area (Å²) in [7, 11) is 1.98. The van der Waals surface area contributed by atoms with E-state index in [0.29, 0.717) is 17.5 Å². The minimum Gasteiger partial charge on any atom is -0.482 e. The van der Waals surface area contributed by atoms with E-state index in [1.807, 2.05) is 24.0 Å². The highest BCUT2D eigenvalue weighted by Gasteiger charge is 2.28. The number of nitrogens with zero attached hydrogens (tertiary/aromatic N) is 5. The molecule has 1 aliphatic heterocycles. The van der Waals surface area contributed by atoms with E-state index >= 15 is 0 Å². The van der Waals surface area contributed by atoms with Crippen LogP contribution in [0.4, 0.5) is 5.82 Å². The number of pyridine rings is 1. The van der Waals surface area contributed by atoms with Crippen LogP contribution in [0.3, 0.4) is 0 Å². The summed E-state index contributed by atoms with van der Waals surface area (Å²) >= 11 is 0. The second-order valence-corrected chi connectivity index (χ2v) is 9.85. The van der Waals surface area contributed by atoms with E-state index in [1.165, 1.54) is 29.5 Å². The second kappa shape index (κ2) is 7.72. The van der Waals surface area contributed by atoms with E-state index in [4.69, 9.17) is 20.7 Å². The molecule has 4 heterocycles. The van der Waals surface area contributed by atoms with Crippen LogP contribution in [0.15, 0.2) is 36.7 Å². The second-order valence-electron chi connectivity index (χ2n) is 9.85. The summed E-state index contributed by atoms with van der Waals surface area (Å²) in [4.78, 5) is 4.52. The van der Waals surface area contributed by atoms with Crippen LogP contribution < -0.4 is 10.5 Å². The molecule has 0 saturated heterocycles. The van der Waals surface area contributed by atoms with Crippen molar-refractivity contribution in [2.75, 3.05) is 5.73 Å². The number of fused-ring (bicyclic) bond motifs is 7. The van der Waals surface area contributed by atoms with E-state index in [0.717, 1.165) is 46.7 Å². The Morgan fingerprint density at radius 1 is 1.15 bits per heavy atom. The molecule has 0 spiro atoms. The minimum absolute atomic E-state index is 0.221. The van der Waals surface area contributed by atoms with Crippen LogP contribution in [-0.2, 0) is 20.0 Å². The van der Waals surface area contributed by atoms with Crippen LogP contribution >= 0.6 is 0 Å². The van der Waals surface area contributed by atoms with E-state index in [2.05, 4.69) is 54.8 Å². The zero-order valence-corrected chi connectivity index (χ0v) is 20.2. The smallest absolute Gasteiger partial charge is 0.166 e. The maximum absolute atomic E-state index is 6.46. The Morgan fingerprint density at radius 3 is 2.76 bits per heavy atom. The fraction of sp³-hybridized carbons (Fsp3) is 0.370. The molecule has 1 unspecified atom stereocenters. The first-order chi connectivity index (χ1) is 16.4. The molecule has 1 aromatic carbocycles. The lowest BCUT2D eigenvalue weighted by Crippen LogP contribution is -2.10. The highest BCUT2D eigenvalue weighted by molar-refractivity contribution is 5.72. The van der Waals surface area contributed by atoms with E-state index in [9.17, 15) is 0 Å². The molecule has 7 nitrogen and oxygen atoms in total. The molecule has 1 aliphatic carbocycles. The number of benzene rings is 1. The molecule has 1 saturated carbocycles. The molecule has 34 heavy (non-hydrogen) atoms. The molecule has 2 aliphatic rings. The molecule has 174 valence electrons. The van der Waals surface area contributed by atoms with Crippen LogP contribution in [0.5, 0.6) is 5.75 Å². The topological polar surface area (TPSA) is 83.8 Å². The summed E-state index contributed by atoms with van der Waals surface area (Å²) in [5.41, 5.74) is 16.1. The van der Waals surface area contributed by atoms with Gasteiger partial charge in [0.2, 0.25) is 0 Å². The van der Waals surface area contributed by atoms with Crippen molar-refractivity contribution in [1.29, 1.82) is 0 Å². The first kappa shape index (κ1) is 21.0. The average Bonchev–Trinajstić information content (AvgIpc) is 3.46. The lowest BCUT2D eigenvalue weighted by Gasteiger charge is -2.21. The lowest BCUT2D eigenvalue weighted by atomic mass is 9.93. The van der Waals surface area contributed by atoms with E-state index in [-0.39, 0.29) is 6.10 Å². The van der Waals surface area contributed by atoms with E-state index < -0.39 is 0 Å². The van der Waals surface area contributed by atoms with Crippen molar-refractivity contribution < 1.29 is 4.74 Å². The van der Waals surface area contributed by atoms with Crippen LogP contribution in [0, 0.1) is 19.8 Å². The molecule has 6 rings (SSSR count). The van der Waals surface area contributed by atoms with Gasteiger partial charge in [0.25, 0.3) is 0 Å². The number of rotatable bonds is 2. The molecular weight excluding hydrogens is 424 g/mol. The third kappa shape index (κ3) is 3.56. The van der Waals surface area contributed by atoms with E-state index in [1.54, 1.807) is 0 Å².